The van der Waals surface area contributed by atoms with E-state index in [2.05, 4.69) is 0 Å². The fourth-order valence-electron chi connectivity index (χ4n) is 2.92. The second-order valence-corrected chi connectivity index (χ2v) is 5.44. The van der Waals surface area contributed by atoms with E-state index in [1.807, 2.05) is 4.90 Å². The molecule has 2 saturated heterocycles. The molecule has 0 saturated carbocycles. The molecule has 3 rings (SSSR count). The summed E-state index contributed by atoms with van der Waals surface area (Å²) in [6, 6.07) is 4.82. The van der Waals surface area contributed by atoms with Crippen molar-refractivity contribution in [2.45, 2.75) is 12.5 Å². The average Bonchev–Trinajstić information content (AvgIpc) is 2.83. The van der Waals surface area contributed by atoms with Crippen LogP contribution in [0.1, 0.15) is 6.42 Å². The zero-order valence-electron chi connectivity index (χ0n) is 11.9. The molecular weight excluding hydrogens is 289 g/mol. The Labute approximate surface area is 127 Å². The molecule has 0 spiro atoms. The van der Waals surface area contributed by atoms with E-state index < -0.39 is 11.9 Å². The summed E-state index contributed by atoms with van der Waals surface area (Å²) in [4.78, 5) is 40.1. The smallest absolute Gasteiger partial charge is 0.251 e. The third-order valence-electron chi connectivity index (χ3n) is 4.15. The third-order valence-corrected chi connectivity index (χ3v) is 4.15. The summed E-state index contributed by atoms with van der Waals surface area (Å²) in [5.41, 5.74) is 0.394. The first-order valence-electron chi connectivity index (χ1n) is 7.16. The van der Waals surface area contributed by atoms with Gasteiger partial charge < -0.3 is 4.90 Å². The number of amides is 3. The summed E-state index contributed by atoms with van der Waals surface area (Å²) < 4.78 is 13.0. The summed E-state index contributed by atoms with van der Waals surface area (Å²) in [5, 5.41) is 0. The van der Waals surface area contributed by atoms with Crippen molar-refractivity contribution < 1.29 is 18.8 Å². The molecule has 1 aromatic carbocycles. The van der Waals surface area contributed by atoms with Crippen molar-refractivity contribution in [2.75, 3.05) is 31.1 Å². The molecule has 116 valence electrons. The van der Waals surface area contributed by atoms with E-state index in [1.54, 1.807) is 4.90 Å². The van der Waals surface area contributed by atoms with Gasteiger partial charge in [-0.1, -0.05) is 0 Å². The van der Waals surface area contributed by atoms with E-state index in [0.29, 0.717) is 31.9 Å². The summed E-state index contributed by atoms with van der Waals surface area (Å²) in [6.45, 7) is 2.25. The maximum Gasteiger partial charge on any atom is 0.251 e. The van der Waals surface area contributed by atoms with Gasteiger partial charge in [0.25, 0.3) is 5.91 Å². The minimum absolute atomic E-state index is 0.122. The molecule has 2 heterocycles. The number of benzene rings is 1. The van der Waals surface area contributed by atoms with E-state index >= 15 is 0 Å². The molecule has 0 aromatic heterocycles. The Morgan fingerprint density at radius 1 is 1.05 bits per heavy atom. The van der Waals surface area contributed by atoms with Crippen molar-refractivity contribution in [3.8, 4) is 0 Å². The van der Waals surface area contributed by atoms with Crippen LogP contribution in [0, 0.1) is 5.82 Å². The number of hydrogen-bond donors (Lipinski definition) is 0. The van der Waals surface area contributed by atoms with Crippen LogP contribution in [0.15, 0.2) is 24.3 Å². The number of nitrogens with zero attached hydrogens (tertiary/aromatic N) is 3. The van der Waals surface area contributed by atoms with Crippen molar-refractivity contribution in [2.24, 2.45) is 0 Å². The van der Waals surface area contributed by atoms with Crippen LogP contribution in [-0.4, -0.2) is 60.2 Å². The first kappa shape index (κ1) is 14.6. The lowest BCUT2D eigenvalue weighted by Gasteiger charge is -2.35. The summed E-state index contributed by atoms with van der Waals surface area (Å²) in [6.07, 6.45) is 0.918. The van der Waals surface area contributed by atoms with Gasteiger partial charge in [0, 0.05) is 26.2 Å². The summed E-state index contributed by atoms with van der Waals surface area (Å²) in [7, 11) is 0. The number of anilines is 1. The number of carbonyl (C=O) groups excluding carboxylic acids is 3. The molecular formula is C15H16FN3O3. The van der Waals surface area contributed by atoms with Crippen LogP contribution in [-0.2, 0) is 14.4 Å². The van der Waals surface area contributed by atoms with Gasteiger partial charge in [0.2, 0.25) is 12.3 Å². The van der Waals surface area contributed by atoms with E-state index in [9.17, 15) is 18.8 Å². The van der Waals surface area contributed by atoms with Crippen molar-refractivity contribution in [1.82, 2.24) is 9.80 Å². The van der Waals surface area contributed by atoms with Gasteiger partial charge in [0.1, 0.15) is 5.82 Å². The minimum Gasteiger partial charge on any atom is -0.343 e. The number of carbonyl (C=O) groups is 3. The van der Waals surface area contributed by atoms with Crippen LogP contribution in [0.3, 0.4) is 0 Å². The minimum atomic E-state index is -0.494. The van der Waals surface area contributed by atoms with Crippen molar-refractivity contribution in [3.05, 3.63) is 30.1 Å². The zero-order valence-corrected chi connectivity index (χ0v) is 11.9. The standard InChI is InChI=1S/C15H16FN3O3/c16-11-1-3-12(4-2-11)19-14(21)9-13(15(19)22)18-7-5-17(10-20)6-8-18/h1-4,10,13H,5-9H2. The molecule has 0 aliphatic carbocycles. The molecule has 7 heteroatoms. The topological polar surface area (TPSA) is 60.9 Å². The molecule has 1 aromatic rings. The maximum atomic E-state index is 13.0. The number of rotatable bonds is 3. The van der Waals surface area contributed by atoms with Gasteiger partial charge in [-0.15, -0.1) is 0 Å². The number of piperazine rings is 1. The quantitative estimate of drug-likeness (QED) is 0.592. The van der Waals surface area contributed by atoms with Crippen LogP contribution in [0.5, 0.6) is 0 Å². The van der Waals surface area contributed by atoms with Gasteiger partial charge >= 0.3 is 0 Å². The van der Waals surface area contributed by atoms with E-state index in [0.717, 1.165) is 11.3 Å². The number of hydrogen-bond acceptors (Lipinski definition) is 4. The first-order chi connectivity index (χ1) is 10.6. The third kappa shape index (κ3) is 2.59. The van der Waals surface area contributed by atoms with Crippen molar-refractivity contribution >= 4 is 23.9 Å². The second-order valence-electron chi connectivity index (χ2n) is 5.44. The monoisotopic (exact) mass is 305 g/mol. The van der Waals surface area contributed by atoms with Gasteiger partial charge in [0.05, 0.1) is 18.2 Å². The predicted octanol–water partition coefficient (Wildman–Crippen LogP) is 0.232. The SMILES string of the molecule is O=CN1CCN(C2CC(=O)N(c3ccc(F)cc3)C2=O)CC1. The Morgan fingerprint density at radius 2 is 1.68 bits per heavy atom. The highest BCUT2D eigenvalue weighted by atomic mass is 19.1. The molecule has 2 aliphatic heterocycles. The molecule has 22 heavy (non-hydrogen) atoms. The van der Waals surface area contributed by atoms with E-state index in [1.165, 1.54) is 24.3 Å². The molecule has 0 radical (unpaired) electrons. The first-order valence-corrected chi connectivity index (χ1v) is 7.16. The molecule has 0 bridgehead atoms. The van der Waals surface area contributed by atoms with Crippen LogP contribution < -0.4 is 4.90 Å². The lowest BCUT2D eigenvalue weighted by atomic mass is 10.2. The molecule has 0 N–H and O–H groups in total. The molecule has 2 aliphatic rings. The Balaban J connectivity index is 1.74. The van der Waals surface area contributed by atoms with Gasteiger partial charge in [-0.2, -0.15) is 0 Å². The van der Waals surface area contributed by atoms with Gasteiger partial charge in [0.15, 0.2) is 0 Å². The number of imide groups is 1. The fraction of sp³-hybridized carbons (Fsp3) is 0.400. The molecule has 3 amide bonds. The molecule has 2 fully saturated rings. The van der Waals surface area contributed by atoms with Gasteiger partial charge in [-0.3, -0.25) is 19.3 Å². The lowest BCUT2D eigenvalue weighted by molar-refractivity contribution is -0.124. The molecule has 6 nitrogen and oxygen atoms in total. The number of halogens is 1. The van der Waals surface area contributed by atoms with E-state index in [4.69, 9.17) is 0 Å². The van der Waals surface area contributed by atoms with Crippen LogP contribution in [0.4, 0.5) is 10.1 Å². The highest BCUT2D eigenvalue weighted by Gasteiger charge is 2.43. The van der Waals surface area contributed by atoms with Gasteiger partial charge in [-0.25, -0.2) is 9.29 Å². The Morgan fingerprint density at radius 3 is 2.27 bits per heavy atom. The maximum absolute atomic E-state index is 13.0. The van der Waals surface area contributed by atoms with Crippen LogP contribution in [0.2, 0.25) is 0 Å². The molecule has 1 unspecified atom stereocenters. The summed E-state index contributed by atoms with van der Waals surface area (Å²) >= 11 is 0. The zero-order chi connectivity index (χ0) is 15.7. The Hall–Kier alpha value is -2.28. The lowest BCUT2D eigenvalue weighted by Crippen LogP contribution is -2.52. The predicted molar refractivity (Wildman–Crippen MR) is 76.5 cm³/mol. The average molecular weight is 305 g/mol. The second kappa shape index (κ2) is 5.84. The van der Waals surface area contributed by atoms with Crippen molar-refractivity contribution in [1.29, 1.82) is 0 Å². The Kier molecular flexibility index (Phi) is 3.89. The molecule has 1 atom stereocenters. The van der Waals surface area contributed by atoms with Crippen molar-refractivity contribution in [3.63, 3.8) is 0 Å². The normalized spacial score (nSPS) is 23.2. The highest BCUT2D eigenvalue weighted by Crippen LogP contribution is 2.26. The van der Waals surface area contributed by atoms with Gasteiger partial charge in [-0.05, 0) is 24.3 Å². The summed E-state index contributed by atoms with van der Waals surface area (Å²) in [5.74, 6) is -0.972. The van der Waals surface area contributed by atoms with Crippen LogP contribution in [0.25, 0.3) is 0 Å². The van der Waals surface area contributed by atoms with E-state index in [-0.39, 0.29) is 18.2 Å². The van der Waals surface area contributed by atoms with Crippen LogP contribution >= 0.6 is 0 Å². The Bertz CT molecular complexity index is 597. The highest BCUT2D eigenvalue weighted by molar-refractivity contribution is 6.22. The largest absolute Gasteiger partial charge is 0.343 e. The fourth-order valence-corrected chi connectivity index (χ4v) is 2.92.